The predicted octanol–water partition coefficient (Wildman–Crippen LogP) is 3.64. The molecule has 0 N–H and O–H groups in total. The summed E-state index contributed by atoms with van der Waals surface area (Å²) in [6.45, 7) is 1.21. The third-order valence-electron chi connectivity index (χ3n) is 3.94. The van der Waals surface area contributed by atoms with Gasteiger partial charge in [-0.05, 0) is 17.5 Å². The van der Waals surface area contributed by atoms with Crippen LogP contribution in [0.25, 0.3) is 10.1 Å². The van der Waals surface area contributed by atoms with Crippen LogP contribution < -0.4 is 4.74 Å². The Labute approximate surface area is 147 Å². The minimum atomic E-state index is -0.0931. The summed E-state index contributed by atoms with van der Waals surface area (Å²) in [7, 11) is 0. The number of carbonyl (C=O) groups is 1. The van der Waals surface area contributed by atoms with Crippen molar-refractivity contribution in [2.45, 2.75) is 12.5 Å². The molecule has 0 spiro atoms. The standard InChI is InChI=1S/C17H14ClN3O2S/c18-12-8-19-17(20-9-12)23-13-5-6-21(10-13)16(22)15-7-11-3-1-2-4-14(11)24-15/h1-4,7-9,13H,5-6,10H2. The normalized spacial score (nSPS) is 17.4. The largest absolute Gasteiger partial charge is 0.458 e. The smallest absolute Gasteiger partial charge is 0.316 e. The highest BCUT2D eigenvalue weighted by molar-refractivity contribution is 7.20. The molecular weight excluding hydrogens is 346 g/mol. The lowest BCUT2D eigenvalue weighted by molar-refractivity contribution is 0.0774. The van der Waals surface area contributed by atoms with Crippen LogP contribution >= 0.6 is 22.9 Å². The van der Waals surface area contributed by atoms with Crippen LogP contribution in [0, 0.1) is 0 Å². The number of nitrogens with zero attached hydrogens (tertiary/aromatic N) is 3. The summed E-state index contributed by atoms with van der Waals surface area (Å²) in [5.41, 5.74) is 0. The Balaban J connectivity index is 1.44. The lowest BCUT2D eigenvalue weighted by Crippen LogP contribution is -2.30. The second-order valence-corrected chi connectivity index (χ2v) is 7.13. The van der Waals surface area contributed by atoms with Crippen LogP contribution in [0.15, 0.2) is 42.7 Å². The van der Waals surface area contributed by atoms with Crippen LogP contribution in [-0.2, 0) is 0 Å². The zero-order valence-corrected chi connectivity index (χ0v) is 14.3. The molecule has 1 unspecified atom stereocenters. The average Bonchev–Trinajstić information content (AvgIpc) is 3.23. The number of fused-ring (bicyclic) bond motifs is 1. The molecule has 1 fully saturated rings. The molecular formula is C17H14ClN3O2S. The Morgan fingerprint density at radius 1 is 1.29 bits per heavy atom. The van der Waals surface area contributed by atoms with Crippen molar-refractivity contribution in [3.63, 3.8) is 0 Å². The van der Waals surface area contributed by atoms with Crippen molar-refractivity contribution in [1.82, 2.24) is 14.9 Å². The molecule has 5 nitrogen and oxygen atoms in total. The Morgan fingerprint density at radius 2 is 2.08 bits per heavy atom. The average molecular weight is 360 g/mol. The molecule has 0 aliphatic carbocycles. The number of aromatic nitrogens is 2. The summed E-state index contributed by atoms with van der Waals surface area (Å²) in [4.78, 5) is 23.3. The van der Waals surface area contributed by atoms with Gasteiger partial charge in [-0.3, -0.25) is 4.79 Å². The van der Waals surface area contributed by atoms with Crippen molar-refractivity contribution < 1.29 is 9.53 Å². The van der Waals surface area contributed by atoms with Gasteiger partial charge in [-0.2, -0.15) is 0 Å². The van der Waals surface area contributed by atoms with E-state index in [0.29, 0.717) is 24.1 Å². The number of hydrogen-bond donors (Lipinski definition) is 0. The molecule has 1 atom stereocenters. The summed E-state index contributed by atoms with van der Waals surface area (Å²) in [6, 6.07) is 10.3. The summed E-state index contributed by atoms with van der Waals surface area (Å²) in [5.74, 6) is 0.0549. The van der Waals surface area contributed by atoms with Gasteiger partial charge in [-0.15, -0.1) is 11.3 Å². The summed E-state index contributed by atoms with van der Waals surface area (Å²) in [5, 5.41) is 1.57. The first kappa shape index (κ1) is 15.4. The van der Waals surface area contributed by atoms with Gasteiger partial charge >= 0.3 is 6.01 Å². The topological polar surface area (TPSA) is 55.3 Å². The van der Waals surface area contributed by atoms with Crippen LogP contribution in [-0.4, -0.2) is 40.0 Å². The minimum absolute atomic E-state index is 0.0549. The van der Waals surface area contributed by atoms with Gasteiger partial charge in [0, 0.05) is 17.7 Å². The van der Waals surface area contributed by atoms with Gasteiger partial charge in [0.25, 0.3) is 5.91 Å². The molecule has 1 amide bonds. The maximum absolute atomic E-state index is 12.7. The first-order chi connectivity index (χ1) is 11.7. The fraction of sp³-hybridized carbons (Fsp3) is 0.235. The number of benzene rings is 1. The Morgan fingerprint density at radius 3 is 2.88 bits per heavy atom. The molecule has 1 aromatic carbocycles. The number of likely N-dealkylation sites (tertiary alicyclic amines) is 1. The highest BCUT2D eigenvalue weighted by Crippen LogP contribution is 2.27. The molecule has 122 valence electrons. The molecule has 7 heteroatoms. The fourth-order valence-corrected chi connectivity index (χ4v) is 3.89. The van der Waals surface area contributed by atoms with Gasteiger partial charge in [0.2, 0.25) is 0 Å². The Bertz CT molecular complexity index is 848. The molecule has 1 aliphatic heterocycles. The van der Waals surface area contributed by atoms with Crippen molar-refractivity contribution in [2.24, 2.45) is 0 Å². The molecule has 1 aliphatic rings. The molecule has 1 saturated heterocycles. The van der Waals surface area contributed by atoms with Crippen LogP contribution in [0.2, 0.25) is 5.02 Å². The van der Waals surface area contributed by atoms with E-state index in [9.17, 15) is 4.79 Å². The zero-order valence-electron chi connectivity index (χ0n) is 12.7. The van der Waals surface area contributed by atoms with Crippen LogP contribution in [0.3, 0.4) is 0 Å². The molecule has 2 aromatic heterocycles. The number of rotatable bonds is 3. The van der Waals surface area contributed by atoms with E-state index < -0.39 is 0 Å². The molecule has 24 heavy (non-hydrogen) atoms. The van der Waals surface area contributed by atoms with E-state index in [2.05, 4.69) is 9.97 Å². The number of carbonyl (C=O) groups excluding carboxylic acids is 1. The highest BCUT2D eigenvalue weighted by atomic mass is 35.5. The van der Waals surface area contributed by atoms with Crippen LogP contribution in [0.1, 0.15) is 16.1 Å². The van der Waals surface area contributed by atoms with Crippen molar-refractivity contribution >= 4 is 38.9 Å². The third-order valence-corrected chi connectivity index (χ3v) is 5.24. The lowest BCUT2D eigenvalue weighted by Gasteiger charge is -2.15. The summed E-state index contributed by atoms with van der Waals surface area (Å²) < 4.78 is 6.86. The number of halogens is 1. The maximum atomic E-state index is 12.7. The van der Waals surface area contributed by atoms with E-state index in [1.165, 1.54) is 23.7 Å². The number of amides is 1. The van der Waals surface area contributed by atoms with E-state index >= 15 is 0 Å². The second kappa shape index (κ2) is 6.37. The quantitative estimate of drug-likeness (QED) is 0.716. The number of thiophene rings is 1. The second-order valence-electron chi connectivity index (χ2n) is 5.61. The van der Waals surface area contributed by atoms with Crippen molar-refractivity contribution in [1.29, 1.82) is 0 Å². The van der Waals surface area contributed by atoms with E-state index in [4.69, 9.17) is 16.3 Å². The molecule has 0 saturated carbocycles. The Kier molecular flexibility index (Phi) is 4.08. The minimum Gasteiger partial charge on any atom is -0.458 e. The predicted molar refractivity (Wildman–Crippen MR) is 93.8 cm³/mol. The summed E-state index contributed by atoms with van der Waals surface area (Å²) in [6.07, 6.45) is 3.67. The fourth-order valence-electron chi connectivity index (χ4n) is 2.76. The van der Waals surface area contributed by atoms with E-state index in [-0.39, 0.29) is 12.0 Å². The Hall–Kier alpha value is -2.18. The zero-order chi connectivity index (χ0) is 16.5. The van der Waals surface area contributed by atoms with Gasteiger partial charge < -0.3 is 9.64 Å². The molecule has 0 bridgehead atoms. The molecule has 4 rings (SSSR count). The SMILES string of the molecule is O=C(c1cc2ccccc2s1)N1CCC(Oc2ncc(Cl)cn2)C1. The van der Waals surface area contributed by atoms with Gasteiger partial charge in [-0.25, -0.2) is 9.97 Å². The molecule has 0 radical (unpaired) electrons. The maximum Gasteiger partial charge on any atom is 0.316 e. The van der Waals surface area contributed by atoms with Crippen molar-refractivity contribution in [3.8, 4) is 6.01 Å². The van der Waals surface area contributed by atoms with Crippen molar-refractivity contribution in [3.05, 3.63) is 52.6 Å². The molecule has 3 heterocycles. The number of ether oxygens (including phenoxy) is 1. The van der Waals surface area contributed by atoms with E-state index in [1.54, 1.807) is 0 Å². The number of hydrogen-bond acceptors (Lipinski definition) is 5. The van der Waals surface area contributed by atoms with Crippen LogP contribution in [0.5, 0.6) is 6.01 Å². The summed E-state index contributed by atoms with van der Waals surface area (Å²) >= 11 is 7.29. The van der Waals surface area contributed by atoms with Crippen LogP contribution in [0.4, 0.5) is 0 Å². The van der Waals surface area contributed by atoms with Gasteiger partial charge in [0.15, 0.2) is 0 Å². The highest BCUT2D eigenvalue weighted by Gasteiger charge is 2.29. The van der Waals surface area contributed by atoms with Crippen molar-refractivity contribution in [2.75, 3.05) is 13.1 Å². The van der Waals surface area contributed by atoms with E-state index in [1.807, 2.05) is 35.2 Å². The van der Waals surface area contributed by atoms with Gasteiger partial charge in [0.1, 0.15) is 6.10 Å². The van der Waals surface area contributed by atoms with Gasteiger partial charge in [0.05, 0.1) is 28.8 Å². The van der Waals surface area contributed by atoms with Gasteiger partial charge in [-0.1, -0.05) is 29.8 Å². The first-order valence-corrected chi connectivity index (χ1v) is 8.80. The van der Waals surface area contributed by atoms with E-state index in [0.717, 1.165) is 21.4 Å². The monoisotopic (exact) mass is 359 g/mol. The first-order valence-electron chi connectivity index (χ1n) is 7.61. The lowest BCUT2D eigenvalue weighted by atomic mass is 10.2. The molecule has 3 aromatic rings. The third kappa shape index (κ3) is 3.07.